The predicted molar refractivity (Wildman–Crippen MR) is 89.2 cm³/mol. The lowest BCUT2D eigenvalue weighted by atomic mass is 10.0. The Bertz CT molecular complexity index is 897. The average molecular weight is 310 g/mol. The molecule has 0 saturated heterocycles. The molecule has 0 aliphatic heterocycles. The van der Waals surface area contributed by atoms with Crippen molar-refractivity contribution in [3.63, 3.8) is 0 Å². The van der Waals surface area contributed by atoms with Gasteiger partial charge in [-0.05, 0) is 24.6 Å². The molecule has 0 spiro atoms. The summed E-state index contributed by atoms with van der Waals surface area (Å²) in [5.74, 6) is -0.372. The summed E-state index contributed by atoms with van der Waals surface area (Å²) in [4.78, 5) is 24.9. The van der Waals surface area contributed by atoms with Crippen LogP contribution in [0.1, 0.15) is 17.9 Å². The van der Waals surface area contributed by atoms with E-state index in [0.717, 1.165) is 4.70 Å². The quantitative estimate of drug-likeness (QED) is 0.805. The maximum absolute atomic E-state index is 12.9. The zero-order valence-electron chi connectivity index (χ0n) is 11.9. The molecule has 1 N–H and O–H groups in total. The number of aliphatic hydroxyl groups excluding tert-OH is 1. The molecule has 1 aromatic heterocycles. The summed E-state index contributed by atoms with van der Waals surface area (Å²) in [7, 11) is 0. The highest BCUT2D eigenvalue weighted by Crippen LogP contribution is 2.33. The van der Waals surface area contributed by atoms with Gasteiger partial charge in [-0.3, -0.25) is 9.59 Å². The topological polar surface area (TPSA) is 54.4 Å². The minimum Gasteiger partial charge on any atom is -0.380 e. The molecule has 22 heavy (non-hydrogen) atoms. The van der Waals surface area contributed by atoms with Crippen LogP contribution < -0.4 is 5.43 Å². The van der Waals surface area contributed by atoms with Crippen molar-refractivity contribution in [1.82, 2.24) is 0 Å². The molecule has 0 bridgehead atoms. The number of carbonyl (C=O) groups excluding carboxylic acids is 1. The van der Waals surface area contributed by atoms with Gasteiger partial charge in [0.15, 0.2) is 11.2 Å². The lowest BCUT2D eigenvalue weighted by molar-refractivity contribution is -0.125. The zero-order valence-corrected chi connectivity index (χ0v) is 12.8. The van der Waals surface area contributed by atoms with Gasteiger partial charge in [0.2, 0.25) is 0 Å². The van der Waals surface area contributed by atoms with E-state index in [-0.39, 0.29) is 11.2 Å². The lowest BCUT2D eigenvalue weighted by Gasteiger charge is -2.13. The number of hydrogen-bond donors (Lipinski definition) is 1. The van der Waals surface area contributed by atoms with E-state index in [9.17, 15) is 14.7 Å². The average Bonchev–Trinajstić information content (AvgIpc) is 2.54. The molecule has 3 rings (SSSR count). The number of fused-ring (bicyclic) bond motifs is 1. The second-order valence-electron chi connectivity index (χ2n) is 5.05. The Morgan fingerprint density at radius 3 is 2.36 bits per heavy atom. The van der Waals surface area contributed by atoms with Crippen LogP contribution in [0, 0.1) is 0 Å². The first-order valence-electron chi connectivity index (χ1n) is 6.89. The molecular formula is C18H14O3S. The minimum absolute atomic E-state index is 0.157. The summed E-state index contributed by atoms with van der Waals surface area (Å²) in [6.45, 7) is 1.33. The van der Waals surface area contributed by atoms with Gasteiger partial charge in [0.05, 0.1) is 4.88 Å². The summed E-state index contributed by atoms with van der Waals surface area (Å²) in [5.41, 5.74) is 0.965. The molecule has 1 heterocycles. The second kappa shape index (κ2) is 5.83. The first kappa shape index (κ1) is 14.6. The second-order valence-corrected chi connectivity index (χ2v) is 6.13. The van der Waals surface area contributed by atoms with Crippen LogP contribution in [0.5, 0.6) is 0 Å². The number of ketones is 1. The summed E-state index contributed by atoms with van der Waals surface area (Å²) in [5, 5.41) is 10.8. The van der Waals surface area contributed by atoms with Crippen LogP contribution in [0.25, 0.3) is 21.2 Å². The third-order valence-electron chi connectivity index (χ3n) is 3.52. The highest BCUT2D eigenvalue weighted by Gasteiger charge is 2.22. The summed E-state index contributed by atoms with van der Waals surface area (Å²) in [6, 6.07) is 16.4. The molecule has 0 amide bonds. The van der Waals surface area contributed by atoms with Crippen molar-refractivity contribution in [2.45, 2.75) is 13.0 Å². The van der Waals surface area contributed by atoms with Crippen molar-refractivity contribution >= 4 is 27.2 Å². The van der Waals surface area contributed by atoms with E-state index in [0.29, 0.717) is 21.4 Å². The minimum atomic E-state index is -1.28. The third-order valence-corrected chi connectivity index (χ3v) is 4.74. The molecule has 3 aromatic rings. The standard InChI is InChI=1S/C18H14O3S/c1-11(19)16(20)18-15(12-7-3-2-4-8-12)17(21)13-9-5-6-10-14(13)22-18/h2-10,16,20H,1H3. The molecule has 1 atom stereocenters. The van der Waals surface area contributed by atoms with Crippen molar-refractivity contribution in [3.05, 3.63) is 69.7 Å². The smallest absolute Gasteiger partial charge is 0.196 e. The largest absolute Gasteiger partial charge is 0.380 e. The molecule has 110 valence electrons. The van der Waals surface area contributed by atoms with Crippen molar-refractivity contribution in [2.75, 3.05) is 0 Å². The fourth-order valence-corrected chi connectivity index (χ4v) is 3.66. The SMILES string of the molecule is CC(=O)C(O)c1sc2ccccc2c(=O)c1-c1ccccc1. The Morgan fingerprint density at radius 2 is 1.68 bits per heavy atom. The molecule has 0 saturated carbocycles. The number of benzene rings is 2. The van der Waals surface area contributed by atoms with E-state index in [4.69, 9.17) is 0 Å². The molecular weight excluding hydrogens is 296 g/mol. The molecule has 1 unspecified atom stereocenters. The normalized spacial score (nSPS) is 12.3. The number of aliphatic hydroxyl groups is 1. The molecule has 3 nitrogen and oxygen atoms in total. The Morgan fingerprint density at radius 1 is 1.05 bits per heavy atom. The Kier molecular flexibility index (Phi) is 3.88. The van der Waals surface area contributed by atoms with Gasteiger partial charge < -0.3 is 5.11 Å². The van der Waals surface area contributed by atoms with Gasteiger partial charge in [0, 0.05) is 15.6 Å². The Hall–Kier alpha value is -2.30. The van der Waals surface area contributed by atoms with Crippen LogP contribution in [0.2, 0.25) is 0 Å². The number of Topliss-reactive ketones (excluding diaryl/α,β-unsaturated/α-hetero) is 1. The third kappa shape index (κ3) is 2.47. The molecule has 2 aromatic carbocycles. The lowest BCUT2D eigenvalue weighted by Crippen LogP contribution is -2.14. The molecule has 0 aliphatic rings. The molecule has 0 radical (unpaired) electrons. The van der Waals surface area contributed by atoms with Crippen molar-refractivity contribution in [3.8, 4) is 11.1 Å². The van der Waals surface area contributed by atoms with E-state index in [2.05, 4.69) is 0 Å². The fraction of sp³-hybridized carbons (Fsp3) is 0.111. The van der Waals surface area contributed by atoms with Gasteiger partial charge >= 0.3 is 0 Å². The van der Waals surface area contributed by atoms with Crippen LogP contribution in [0.15, 0.2) is 59.4 Å². The van der Waals surface area contributed by atoms with Crippen LogP contribution in [0.4, 0.5) is 0 Å². The molecule has 0 fully saturated rings. The van der Waals surface area contributed by atoms with E-state index in [1.54, 1.807) is 6.07 Å². The number of hydrogen-bond acceptors (Lipinski definition) is 4. The highest BCUT2D eigenvalue weighted by molar-refractivity contribution is 7.19. The summed E-state index contributed by atoms with van der Waals surface area (Å²) < 4.78 is 0.766. The van der Waals surface area contributed by atoms with Gasteiger partial charge in [-0.25, -0.2) is 0 Å². The van der Waals surface area contributed by atoms with E-state index >= 15 is 0 Å². The van der Waals surface area contributed by atoms with Crippen LogP contribution >= 0.6 is 11.3 Å². The van der Waals surface area contributed by atoms with Crippen molar-refractivity contribution in [2.24, 2.45) is 0 Å². The molecule has 0 aliphatic carbocycles. The van der Waals surface area contributed by atoms with E-state index in [1.165, 1.54) is 18.3 Å². The maximum atomic E-state index is 12.9. The van der Waals surface area contributed by atoms with Gasteiger partial charge in [0.1, 0.15) is 6.10 Å². The summed E-state index contributed by atoms with van der Waals surface area (Å²) >= 11 is 1.29. The monoisotopic (exact) mass is 310 g/mol. The van der Waals surface area contributed by atoms with E-state index < -0.39 is 6.10 Å². The molecule has 4 heteroatoms. The maximum Gasteiger partial charge on any atom is 0.196 e. The number of carbonyl (C=O) groups is 1. The Balaban J connectivity index is 2.41. The van der Waals surface area contributed by atoms with Gasteiger partial charge in [-0.15, -0.1) is 11.3 Å². The fourth-order valence-electron chi connectivity index (χ4n) is 2.41. The van der Waals surface area contributed by atoms with Crippen molar-refractivity contribution < 1.29 is 9.90 Å². The van der Waals surface area contributed by atoms with Crippen LogP contribution in [-0.2, 0) is 4.79 Å². The van der Waals surface area contributed by atoms with Gasteiger partial charge in [0.25, 0.3) is 0 Å². The first-order chi connectivity index (χ1) is 10.6. The Labute approximate surface area is 131 Å². The zero-order chi connectivity index (χ0) is 15.7. The van der Waals surface area contributed by atoms with Crippen molar-refractivity contribution in [1.29, 1.82) is 0 Å². The predicted octanol–water partition coefficient (Wildman–Crippen LogP) is 3.55. The highest BCUT2D eigenvalue weighted by atomic mass is 32.1. The van der Waals surface area contributed by atoms with Crippen LogP contribution in [-0.4, -0.2) is 10.9 Å². The van der Waals surface area contributed by atoms with E-state index in [1.807, 2.05) is 48.5 Å². The summed E-state index contributed by atoms with van der Waals surface area (Å²) in [6.07, 6.45) is -1.28. The number of rotatable bonds is 3. The van der Waals surface area contributed by atoms with Gasteiger partial charge in [-0.1, -0.05) is 42.5 Å². The van der Waals surface area contributed by atoms with Crippen LogP contribution in [0.3, 0.4) is 0 Å². The van der Waals surface area contributed by atoms with Gasteiger partial charge in [-0.2, -0.15) is 0 Å². The first-order valence-corrected chi connectivity index (χ1v) is 7.71.